The smallest absolute Gasteiger partial charge is 0 e. The van der Waals surface area contributed by atoms with Gasteiger partial charge in [-0.05, 0) is 24.6 Å². The van der Waals surface area contributed by atoms with E-state index in [4.69, 9.17) is 0 Å². The normalized spacial score (nSPS) is 10.2. The molecule has 122 valence electrons. The van der Waals surface area contributed by atoms with Crippen LogP contribution in [-0.2, 0) is 17.4 Å². The van der Waals surface area contributed by atoms with Crippen molar-refractivity contribution in [3.63, 3.8) is 0 Å². The Hall–Kier alpha value is 0.0925. The molecule has 0 spiro atoms. The molecule has 2 aromatic rings. The molecular formula is C18H28CrP2-6. The molecule has 0 heterocycles. The molecular weight excluding hydrogens is 330 g/mol. The van der Waals surface area contributed by atoms with Gasteiger partial charge in [0, 0.05) is 17.4 Å². The summed E-state index contributed by atoms with van der Waals surface area (Å²) in [4.78, 5) is 0. The zero-order valence-corrected chi connectivity index (χ0v) is 16.8. The van der Waals surface area contributed by atoms with Gasteiger partial charge in [0.1, 0.15) is 0 Å². The molecule has 0 aliphatic carbocycles. The summed E-state index contributed by atoms with van der Waals surface area (Å²) < 4.78 is 0. The molecule has 3 heteroatoms. The quantitative estimate of drug-likeness (QED) is 0.498. The van der Waals surface area contributed by atoms with E-state index in [-0.39, 0.29) is 33.2 Å². The second kappa shape index (κ2) is 12.6. The van der Waals surface area contributed by atoms with Crippen LogP contribution in [0.15, 0.2) is 48.5 Å². The topological polar surface area (TPSA) is 0 Å². The number of hydrogen-bond acceptors (Lipinski definition) is 0. The van der Waals surface area contributed by atoms with Gasteiger partial charge in [0.15, 0.2) is 0 Å². The van der Waals surface area contributed by atoms with Crippen LogP contribution in [0.1, 0.15) is 27.7 Å². The third-order valence-corrected chi connectivity index (χ3v) is 8.91. The van der Waals surface area contributed by atoms with Gasteiger partial charge in [0.05, 0.1) is 0 Å². The summed E-state index contributed by atoms with van der Waals surface area (Å²) in [5.74, 6) is 0. The third-order valence-electron chi connectivity index (χ3n) is 3.53. The fraction of sp³-hybridized carbons (Fsp3) is 0.444. The Balaban J connectivity index is 0.000000562. The van der Waals surface area contributed by atoms with Crippen LogP contribution in [0.2, 0.25) is 0 Å². The van der Waals surface area contributed by atoms with Gasteiger partial charge in [-0.15, -0.1) is 26.5 Å². The van der Waals surface area contributed by atoms with Crippen LogP contribution in [0.3, 0.4) is 0 Å². The maximum atomic E-state index is 2.38. The van der Waals surface area contributed by atoms with Crippen LogP contribution < -0.4 is 10.6 Å². The molecule has 0 amide bonds. The average molecular weight is 358 g/mol. The van der Waals surface area contributed by atoms with E-state index in [1.807, 2.05) is 30.3 Å². The zero-order chi connectivity index (χ0) is 14.8. The summed E-state index contributed by atoms with van der Waals surface area (Å²) >= 11 is 0. The predicted molar refractivity (Wildman–Crippen MR) is 99.3 cm³/mol. The van der Waals surface area contributed by atoms with E-state index in [2.05, 4.69) is 45.9 Å². The Labute approximate surface area is 144 Å². The molecule has 0 aliphatic rings. The fourth-order valence-electron chi connectivity index (χ4n) is 2.39. The fourth-order valence-corrected chi connectivity index (χ4v) is 6.88. The Morgan fingerprint density at radius 3 is 1.71 bits per heavy atom. The SMILES string of the molecule is CCP(CC)c1ccc[c-]1P(CC)CC.[Cr].[cH-]1[cH-][cH-][cH-][cH-]1. The van der Waals surface area contributed by atoms with Gasteiger partial charge in [-0.25, -0.2) is 12.1 Å². The number of hydrogen-bond donors (Lipinski definition) is 0. The third kappa shape index (κ3) is 6.80. The Kier molecular flexibility index (Phi) is 12.7. The molecule has 0 aromatic heterocycles. The molecule has 0 aliphatic heterocycles. The maximum Gasteiger partial charge on any atom is 0 e. The van der Waals surface area contributed by atoms with Crippen molar-refractivity contribution >= 4 is 26.5 Å². The monoisotopic (exact) mass is 358 g/mol. The van der Waals surface area contributed by atoms with Gasteiger partial charge < -0.3 is 30.3 Å². The summed E-state index contributed by atoms with van der Waals surface area (Å²) in [6.45, 7) is 9.36. The molecule has 0 fully saturated rings. The van der Waals surface area contributed by atoms with Crippen molar-refractivity contribution in [3.8, 4) is 0 Å². The predicted octanol–water partition coefficient (Wildman–Crippen LogP) is 5.10. The summed E-state index contributed by atoms with van der Waals surface area (Å²) in [5, 5.41) is 3.43. The molecule has 0 unspecified atom stereocenters. The van der Waals surface area contributed by atoms with Crippen molar-refractivity contribution in [2.75, 3.05) is 24.6 Å². The maximum absolute atomic E-state index is 2.38. The minimum Gasteiger partial charge on any atom is -0.748 e. The van der Waals surface area contributed by atoms with Crippen LogP contribution in [0.5, 0.6) is 0 Å². The second-order valence-corrected chi connectivity index (χ2v) is 10.3. The van der Waals surface area contributed by atoms with Crippen molar-refractivity contribution in [1.29, 1.82) is 0 Å². The van der Waals surface area contributed by atoms with Crippen molar-refractivity contribution in [2.45, 2.75) is 27.7 Å². The molecule has 0 nitrogen and oxygen atoms in total. The molecule has 21 heavy (non-hydrogen) atoms. The standard InChI is InChI=1S/C13H23P2.C5H5.Cr/c1-5-14(6-2)12-10-9-11-13(12)15(7-3)8-4;1-2-4-5-3-1;/h9-11H,5-8H2,1-4H3;1-5H;/q-1;-5;. The van der Waals surface area contributed by atoms with E-state index in [9.17, 15) is 0 Å². The molecule has 2 rings (SSSR count). The van der Waals surface area contributed by atoms with Crippen LogP contribution in [0.25, 0.3) is 0 Å². The van der Waals surface area contributed by atoms with Crippen molar-refractivity contribution < 1.29 is 17.4 Å². The zero-order valence-electron chi connectivity index (χ0n) is 13.7. The molecule has 0 atom stereocenters. The van der Waals surface area contributed by atoms with Gasteiger partial charge in [-0.3, -0.25) is 0 Å². The Bertz CT molecular complexity index is 382. The first kappa shape index (κ1) is 21.1. The Morgan fingerprint density at radius 1 is 0.857 bits per heavy atom. The van der Waals surface area contributed by atoms with Crippen molar-refractivity contribution in [3.05, 3.63) is 48.5 Å². The van der Waals surface area contributed by atoms with Gasteiger partial charge in [-0.2, -0.15) is 6.07 Å². The molecule has 0 N–H and O–H groups in total. The molecule has 0 radical (unpaired) electrons. The first-order valence-electron chi connectivity index (χ1n) is 7.70. The first-order chi connectivity index (χ1) is 9.78. The van der Waals surface area contributed by atoms with Crippen molar-refractivity contribution in [1.82, 2.24) is 0 Å². The molecule has 0 bridgehead atoms. The summed E-state index contributed by atoms with van der Waals surface area (Å²) in [6.07, 6.45) is 5.39. The van der Waals surface area contributed by atoms with Gasteiger partial charge in [-0.1, -0.05) is 27.7 Å². The minimum atomic E-state index is 0. The van der Waals surface area contributed by atoms with E-state index >= 15 is 0 Å². The molecule has 0 saturated carbocycles. The van der Waals surface area contributed by atoms with Crippen LogP contribution in [0.4, 0.5) is 0 Å². The summed E-state index contributed by atoms with van der Waals surface area (Å²) in [6, 6.07) is 17.0. The van der Waals surface area contributed by atoms with E-state index in [0.29, 0.717) is 0 Å². The minimum absolute atomic E-state index is 0. The first-order valence-corrected chi connectivity index (χ1v) is 11.1. The molecule has 2 aromatic carbocycles. The van der Waals surface area contributed by atoms with E-state index in [0.717, 1.165) is 0 Å². The molecule has 0 saturated heterocycles. The van der Waals surface area contributed by atoms with Gasteiger partial charge >= 0.3 is 0 Å². The number of rotatable bonds is 6. The van der Waals surface area contributed by atoms with Crippen molar-refractivity contribution in [2.24, 2.45) is 0 Å². The van der Waals surface area contributed by atoms with Gasteiger partial charge in [0.2, 0.25) is 0 Å². The summed E-state index contributed by atoms with van der Waals surface area (Å²) in [7, 11) is 0.274. The van der Waals surface area contributed by atoms with Gasteiger partial charge in [0.25, 0.3) is 0 Å². The van der Waals surface area contributed by atoms with E-state index < -0.39 is 0 Å². The van der Waals surface area contributed by atoms with E-state index in [1.165, 1.54) is 24.6 Å². The largest absolute Gasteiger partial charge is 0.748 e. The van der Waals surface area contributed by atoms with Crippen LogP contribution >= 0.6 is 15.8 Å². The van der Waals surface area contributed by atoms with Crippen LogP contribution in [-0.4, -0.2) is 24.6 Å². The second-order valence-electron chi connectivity index (χ2n) is 4.60. The Morgan fingerprint density at radius 2 is 1.33 bits per heavy atom. The average Bonchev–Trinajstić information content (AvgIpc) is 3.16. The van der Waals surface area contributed by atoms with Crippen LogP contribution in [0, 0.1) is 0 Å². The summed E-state index contributed by atoms with van der Waals surface area (Å²) in [5.41, 5.74) is 0. The van der Waals surface area contributed by atoms with E-state index in [1.54, 1.807) is 10.6 Å².